The predicted octanol–water partition coefficient (Wildman–Crippen LogP) is 4.26. The van der Waals surface area contributed by atoms with Crippen molar-refractivity contribution in [1.82, 2.24) is 4.90 Å². The summed E-state index contributed by atoms with van der Waals surface area (Å²) in [5, 5.41) is 11.9. The lowest BCUT2D eigenvalue weighted by Gasteiger charge is -2.48. The van der Waals surface area contributed by atoms with E-state index in [1.165, 1.54) is 12.8 Å². The Hall–Kier alpha value is -0.610. The minimum atomic E-state index is -1.30. The summed E-state index contributed by atoms with van der Waals surface area (Å²) < 4.78 is 5.71. The van der Waals surface area contributed by atoms with Gasteiger partial charge in [-0.3, -0.25) is 0 Å². The molecule has 2 saturated carbocycles. The smallest absolute Gasteiger partial charge is 0.338 e. The molecule has 1 N–H and O–H groups in total. The van der Waals surface area contributed by atoms with Crippen LogP contribution in [0.1, 0.15) is 79.1 Å². The number of ether oxygens (including phenoxy) is 1. The van der Waals surface area contributed by atoms with Gasteiger partial charge in [-0.1, -0.05) is 66.2 Å². The van der Waals surface area contributed by atoms with E-state index in [2.05, 4.69) is 32.6 Å². The van der Waals surface area contributed by atoms with Crippen molar-refractivity contribution in [2.45, 2.75) is 84.7 Å². The Balaban J connectivity index is 2.15. The lowest BCUT2D eigenvalue weighted by Crippen LogP contribution is -2.58. The fourth-order valence-corrected chi connectivity index (χ4v) is 5.59. The molecule has 2 aliphatic rings. The second kappa shape index (κ2) is 10.1. The van der Waals surface area contributed by atoms with Gasteiger partial charge in [0.2, 0.25) is 0 Å². The number of carbonyl (C=O) groups is 1. The molecule has 26 heavy (non-hydrogen) atoms. The van der Waals surface area contributed by atoms with Crippen LogP contribution in [0.25, 0.3) is 0 Å². The highest BCUT2D eigenvalue weighted by atomic mass is 16.5. The maximum atomic E-state index is 13.2. The molecule has 0 spiro atoms. The summed E-state index contributed by atoms with van der Waals surface area (Å²) in [7, 11) is 0. The van der Waals surface area contributed by atoms with Gasteiger partial charge in [0, 0.05) is 12.5 Å². The summed E-state index contributed by atoms with van der Waals surface area (Å²) in [5.41, 5.74) is -1.30. The first-order valence-corrected chi connectivity index (χ1v) is 11.1. The Labute approximate surface area is 160 Å². The van der Waals surface area contributed by atoms with Gasteiger partial charge in [0.15, 0.2) is 5.60 Å². The van der Waals surface area contributed by atoms with Crippen molar-refractivity contribution in [3.63, 3.8) is 0 Å². The van der Waals surface area contributed by atoms with Gasteiger partial charge in [-0.15, -0.1) is 0 Å². The van der Waals surface area contributed by atoms with E-state index in [4.69, 9.17) is 4.74 Å². The monoisotopic (exact) mass is 367 g/mol. The lowest BCUT2D eigenvalue weighted by atomic mass is 9.59. The molecule has 0 aromatic carbocycles. The largest absolute Gasteiger partial charge is 0.462 e. The minimum absolute atomic E-state index is 0.0281. The van der Waals surface area contributed by atoms with Crippen LogP contribution in [0.15, 0.2) is 0 Å². The molecule has 0 heterocycles. The van der Waals surface area contributed by atoms with Crippen LogP contribution in [0.2, 0.25) is 0 Å². The van der Waals surface area contributed by atoms with E-state index in [1.807, 2.05) is 0 Å². The zero-order valence-electron chi connectivity index (χ0n) is 17.5. The summed E-state index contributed by atoms with van der Waals surface area (Å²) in [6.07, 6.45) is 8.79. The third-order valence-electron chi connectivity index (χ3n) is 7.14. The van der Waals surface area contributed by atoms with Crippen LogP contribution in [0.5, 0.6) is 0 Å². The van der Waals surface area contributed by atoms with E-state index < -0.39 is 5.60 Å². The van der Waals surface area contributed by atoms with Gasteiger partial charge in [-0.2, -0.15) is 0 Å². The van der Waals surface area contributed by atoms with Crippen LogP contribution in [0.3, 0.4) is 0 Å². The van der Waals surface area contributed by atoms with Gasteiger partial charge < -0.3 is 14.7 Å². The second-order valence-electron chi connectivity index (χ2n) is 8.73. The fraction of sp³-hybridized carbons (Fsp3) is 0.955. The molecule has 152 valence electrons. The van der Waals surface area contributed by atoms with Gasteiger partial charge in [0.05, 0.1) is 0 Å². The Morgan fingerprint density at radius 3 is 2.12 bits per heavy atom. The molecule has 4 nitrogen and oxygen atoms in total. The van der Waals surface area contributed by atoms with Gasteiger partial charge in [-0.25, -0.2) is 4.79 Å². The molecule has 2 fully saturated rings. The van der Waals surface area contributed by atoms with E-state index in [0.29, 0.717) is 18.4 Å². The first kappa shape index (κ1) is 21.7. The molecule has 0 saturated heterocycles. The molecule has 0 aromatic heterocycles. The standard InChI is InChI=1S/C22H41NO3/c1-5-23(6-2)15-16-26-21(24)22(25,19-13-8-7-9-14-19)20-17(3)11-10-12-18(20)4/h17-20,25H,5-16H2,1-4H3. The predicted molar refractivity (Wildman–Crippen MR) is 106 cm³/mol. The first-order chi connectivity index (χ1) is 12.4. The third-order valence-corrected chi connectivity index (χ3v) is 7.14. The Morgan fingerprint density at radius 1 is 1.00 bits per heavy atom. The topological polar surface area (TPSA) is 49.8 Å². The number of aliphatic hydroxyl groups is 1. The van der Waals surface area contributed by atoms with E-state index in [0.717, 1.165) is 58.2 Å². The zero-order valence-corrected chi connectivity index (χ0v) is 17.5. The average molecular weight is 368 g/mol. The van der Waals surface area contributed by atoms with E-state index in [1.54, 1.807) is 0 Å². The van der Waals surface area contributed by atoms with Crippen molar-refractivity contribution in [3.05, 3.63) is 0 Å². The fourth-order valence-electron chi connectivity index (χ4n) is 5.59. The number of likely N-dealkylation sites (N-methyl/N-ethyl adjacent to an activating group) is 1. The van der Waals surface area contributed by atoms with Gasteiger partial charge >= 0.3 is 5.97 Å². The Morgan fingerprint density at radius 2 is 1.58 bits per heavy atom. The summed E-state index contributed by atoms with van der Waals surface area (Å²) in [6, 6.07) is 0. The molecule has 0 radical (unpaired) electrons. The van der Waals surface area contributed by atoms with Crippen LogP contribution in [-0.4, -0.2) is 47.8 Å². The molecule has 0 amide bonds. The van der Waals surface area contributed by atoms with Crippen molar-refractivity contribution < 1.29 is 14.6 Å². The van der Waals surface area contributed by atoms with Gasteiger partial charge in [0.25, 0.3) is 0 Å². The second-order valence-corrected chi connectivity index (χ2v) is 8.73. The van der Waals surface area contributed by atoms with E-state index >= 15 is 0 Å². The van der Waals surface area contributed by atoms with Crippen LogP contribution in [0, 0.1) is 23.7 Å². The van der Waals surface area contributed by atoms with Crippen molar-refractivity contribution in [2.75, 3.05) is 26.2 Å². The van der Waals surface area contributed by atoms with E-state index in [9.17, 15) is 9.90 Å². The molecular weight excluding hydrogens is 326 g/mol. The van der Waals surface area contributed by atoms with Crippen molar-refractivity contribution in [1.29, 1.82) is 0 Å². The third kappa shape index (κ3) is 4.81. The highest BCUT2D eigenvalue weighted by Gasteiger charge is 2.55. The molecule has 4 heteroatoms. The van der Waals surface area contributed by atoms with Crippen molar-refractivity contribution in [2.24, 2.45) is 23.7 Å². The summed E-state index contributed by atoms with van der Waals surface area (Å²) in [5.74, 6) is 0.495. The lowest BCUT2D eigenvalue weighted by molar-refractivity contribution is -0.193. The maximum absolute atomic E-state index is 13.2. The highest BCUT2D eigenvalue weighted by Crippen LogP contribution is 2.48. The quantitative estimate of drug-likeness (QED) is 0.652. The molecule has 0 bridgehead atoms. The average Bonchev–Trinajstić information content (AvgIpc) is 2.65. The molecule has 3 unspecified atom stereocenters. The Bertz CT molecular complexity index is 421. The number of nitrogens with zero attached hydrogens (tertiary/aromatic N) is 1. The zero-order chi connectivity index (χ0) is 19.2. The number of hydrogen-bond donors (Lipinski definition) is 1. The van der Waals surface area contributed by atoms with Crippen LogP contribution < -0.4 is 0 Å². The SMILES string of the molecule is CCN(CC)CCOC(=O)C(O)(C1CCCCC1)C1C(C)CCCC1C. The van der Waals surface area contributed by atoms with E-state index in [-0.39, 0.29) is 17.8 Å². The van der Waals surface area contributed by atoms with Crippen LogP contribution in [-0.2, 0) is 9.53 Å². The molecule has 0 aromatic rings. The molecule has 2 aliphatic carbocycles. The summed E-state index contributed by atoms with van der Waals surface area (Å²) in [6.45, 7) is 11.7. The van der Waals surface area contributed by atoms with Crippen molar-refractivity contribution >= 4 is 5.97 Å². The Kier molecular flexibility index (Phi) is 8.41. The molecule has 2 rings (SSSR count). The normalized spacial score (nSPS) is 30.2. The number of hydrogen-bond acceptors (Lipinski definition) is 4. The molecular formula is C22H41NO3. The van der Waals surface area contributed by atoms with Gasteiger partial charge in [0.1, 0.15) is 6.61 Å². The van der Waals surface area contributed by atoms with Gasteiger partial charge in [-0.05, 0) is 43.7 Å². The van der Waals surface area contributed by atoms with Crippen molar-refractivity contribution in [3.8, 4) is 0 Å². The number of rotatable bonds is 8. The number of carbonyl (C=O) groups excluding carboxylic acids is 1. The minimum Gasteiger partial charge on any atom is -0.462 e. The highest BCUT2D eigenvalue weighted by molar-refractivity contribution is 5.80. The summed E-state index contributed by atoms with van der Waals surface area (Å²) >= 11 is 0. The molecule has 0 aliphatic heterocycles. The van der Waals surface area contributed by atoms with Crippen LogP contribution in [0.4, 0.5) is 0 Å². The number of esters is 1. The summed E-state index contributed by atoms with van der Waals surface area (Å²) in [4.78, 5) is 15.5. The maximum Gasteiger partial charge on any atom is 0.338 e. The molecule has 3 atom stereocenters. The van der Waals surface area contributed by atoms with Crippen LogP contribution >= 0.6 is 0 Å². The first-order valence-electron chi connectivity index (χ1n) is 11.1.